The summed E-state index contributed by atoms with van der Waals surface area (Å²) >= 11 is 3.41. The Morgan fingerprint density at radius 2 is 1.89 bits per heavy atom. The monoisotopic (exact) mass is 309 g/mol. The highest BCUT2D eigenvalue weighted by Gasteiger charge is 2.15. The summed E-state index contributed by atoms with van der Waals surface area (Å²) in [5, 5.41) is 9.76. The first kappa shape index (κ1) is 15.0. The van der Waals surface area contributed by atoms with Crippen molar-refractivity contribution < 1.29 is 4.74 Å². The predicted molar refractivity (Wildman–Crippen MR) is 77.8 cm³/mol. The molecule has 0 spiro atoms. The van der Waals surface area contributed by atoms with Gasteiger partial charge in [-0.2, -0.15) is 5.26 Å². The van der Waals surface area contributed by atoms with Gasteiger partial charge in [-0.3, -0.25) is 0 Å². The van der Waals surface area contributed by atoms with Gasteiger partial charge in [0.1, 0.15) is 5.75 Å². The molecule has 0 aromatic heterocycles. The van der Waals surface area contributed by atoms with Gasteiger partial charge >= 0.3 is 0 Å². The van der Waals surface area contributed by atoms with E-state index >= 15 is 0 Å². The topological polar surface area (TPSA) is 33.0 Å². The highest BCUT2D eigenvalue weighted by atomic mass is 79.9. The van der Waals surface area contributed by atoms with Gasteiger partial charge in [-0.1, -0.05) is 28.1 Å². The summed E-state index contributed by atoms with van der Waals surface area (Å²) in [6.45, 7) is 4.68. The highest BCUT2D eigenvalue weighted by Crippen LogP contribution is 2.21. The van der Waals surface area contributed by atoms with Crippen LogP contribution in [0, 0.1) is 16.7 Å². The number of nitriles is 1. The Morgan fingerprint density at radius 3 is 2.44 bits per heavy atom. The Balaban J connectivity index is 2.20. The average Bonchev–Trinajstić information content (AvgIpc) is 2.39. The maximum absolute atomic E-state index is 8.89. The first-order chi connectivity index (χ1) is 8.57. The van der Waals surface area contributed by atoms with Gasteiger partial charge in [-0.25, -0.2) is 0 Å². The zero-order valence-corrected chi connectivity index (χ0v) is 12.7. The smallest absolute Gasteiger partial charge is 0.119 e. The number of ether oxygens (including phenoxy) is 1. The molecule has 0 saturated carbocycles. The number of unbranched alkanes of at least 4 members (excludes halogenated alkanes) is 1. The first-order valence-corrected chi connectivity index (χ1v) is 7.38. The summed E-state index contributed by atoms with van der Waals surface area (Å²) in [6, 6.07) is 10.4. The molecule has 0 amide bonds. The van der Waals surface area contributed by atoms with Crippen molar-refractivity contribution in [1.82, 2.24) is 0 Å². The summed E-state index contributed by atoms with van der Waals surface area (Å²) in [7, 11) is 0. The fourth-order valence-electron chi connectivity index (χ4n) is 1.59. The molecule has 0 saturated heterocycles. The number of alkyl halides is 1. The molecule has 0 aliphatic carbocycles. The molecule has 0 fully saturated rings. The van der Waals surface area contributed by atoms with Gasteiger partial charge in [-0.15, -0.1) is 0 Å². The van der Waals surface area contributed by atoms with E-state index in [4.69, 9.17) is 10.00 Å². The second-order valence-electron chi connectivity index (χ2n) is 5.08. The van der Waals surface area contributed by atoms with Crippen LogP contribution in [0.4, 0.5) is 0 Å². The summed E-state index contributed by atoms with van der Waals surface area (Å²) in [6.07, 6.45) is 2.95. The van der Waals surface area contributed by atoms with Crippen LogP contribution in [0.5, 0.6) is 5.75 Å². The molecule has 0 N–H and O–H groups in total. The maximum Gasteiger partial charge on any atom is 0.119 e. The van der Waals surface area contributed by atoms with Crippen LogP contribution < -0.4 is 4.74 Å². The van der Waals surface area contributed by atoms with E-state index in [0.717, 1.165) is 36.9 Å². The number of nitrogens with zero attached hydrogens (tertiary/aromatic N) is 1. The van der Waals surface area contributed by atoms with Crippen LogP contribution in [0.15, 0.2) is 24.3 Å². The molecule has 0 bridgehead atoms. The second kappa shape index (κ2) is 7.43. The Labute approximate surface area is 118 Å². The van der Waals surface area contributed by atoms with Crippen molar-refractivity contribution in [2.24, 2.45) is 5.41 Å². The van der Waals surface area contributed by atoms with E-state index in [2.05, 4.69) is 34.1 Å². The van der Waals surface area contributed by atoms with Crippen molar-refractivity contribution in [3.8, 4) is 11.8 Å². The van der Waals surface area contributed by atoms with Crippen molar-refractivity contribution in [2.45, 2.75) is 38.4 Å². The van der Waals surface area contributed by atoms with Crippen LogP contribution in [0.2, 0.25) is 0 Å². The van der Waals surface area contributed by atoms with Crippen LogP contribution in [0.25, 0.3) is 0 Å². The van der Waals surface area contributed by atoms with Crippen LogP contribution in [0.3, 0.4) is 0 Å². The van der Waals surface area contributed by atoms with Crippen molar-refractivity contribution in [3.05, 3.63) is 29.8 Å². The zero-order valence-electron chi connectivity index (χ0n) is 11.1. The van der Waals surface area contributed by atoms with Gasteiger partial charge in [0, 0.05) is 5.33 Å². The molecule has 0 heterocycles. The molecule has 0 unspecified atom stereocenters. The molecule has 0 aliphatic rings. The average molecular weight is 310 g/mol. The second-order valence-corrected chi connectivity index (χ2v) is 5.64. The molecule has 1 aromatic carbocycles. The quantitative estimate of drug-likeness (QED) is 0.541. The Bertz CT molecular complexity index is 392. The molecule has 0 radical (unpaired) electrons. The number of halogens is 1. The van der Waals surface area contributed by atoms with E-state index in [-0.39, 0.29) is 5.41 Å². The van der Waals surface area contributed by atoms with E-state index in [1.165, 1.54) is 5.56 Å². The van der Waals surface area contributed by atoms with Crippen molar-refractivity contribution in [3.63, 3.8) is 0 Å². The van der Waals surface area contributed by atoms with E-state index in [9.17, 15) is 0 Å². The maximum atomic E-state index is 8.89. The summed E-state index contributed by atoms with van der Waals surface area (Å²) < 4.78 is 5.66. The minimum Gasteiger partial charge on any atom is -0.494 e. The van der Waals surface area contributed by atoms with Crippen LogP contribution >= 0.6 is 15.9 Å². The lowest BCUT2D eigenvalue weighted by Gasteiger charge is -2.14. The van der Waals surface area contributed by atoms with Crippen molar-refractivity contribution in [1.29, 1.82) is 5.26 Å². The summed E-state index contributed by atoms with van der Waals surface area (Å²) in [5.74, 6) is 0.916. The minimum atomic E-state index is -0.211. The molecule has 1 aromatic rings. The highest BCUT2D eigenvalue weighted by molar-refractivity contribution is 9.08. The molecule has 3 heteroatoms. The number of rotatable bonds is 7. The third-order valence-electron chi connectivity index (χ3n) is 2.85. The largest absolute Gasteiger partial charge is 0.494 e. The molecule has 0 aliphatic heterocycles. The third-order valence-corrected chi connectivity index (χ3v) is 3.49. The standard InChI is InChI=1S/C15H20BrNO/c1-15(2,12-17)9-3-4-10-18-14-7-5-13(11-16)6-8-14/h5-8H,3-4,9-11H2,1-2H3. The van der Waals surface area contributed by atoms with Crippen LogP contribution in [-0.4, -0.2) is 6.61 Å². The summed E-state index contributed by atoms with van der Waals surface area (Å²) in [4.78, 5) is 0. The normalized spacial score (nSPS) is 11.0. The molecule has 18 heavy (non-hydrogen) atoms. The number of hydrogen-bond acceptors (Lipinski definition) is 2. The molecule has 98 valence electrons. The van der Waals surface area contributed by atoms with E-state index in [1.807, 2.05) is 26.0 Å². The van der Waals surface area contributed by atoms with Gasteiger partial charge in [0.25, 0.3) is 0 Å². The number of hydrogen-bond donors (Lipinski definition) is 0. The Morgan fingerprint density at radius 1 is 1.22 bits per heavy atom. The molecule has 2 nitrogen and oxygen atoms in total. The SMILES string of the molecule is CC(C)(C#N)CCCCOc1ccc(CBr)cc1. The third kappa shape index (κ3) is 5.55. The lowest BCUT2D eigenvalue weighted by Crippen LogP contribution is -2.08. The predicted octanol–water partition coefficient (Wildman–Crippen LogP) is 4.68. The van der Waals surface area contributed by atoms with Gasteiger partial charge in [0.15, 0.2) is 0 Å². The van der Waals surface area contributed by atoms with E-state index in [0.29, 0.717) is 0 Å². The van der Waals surface area contributed by atoms with E-state index in [1.54, 1.807) is 0 Å². The van der Waals surface area contributed by atoms with Crippen LogP contribution in [0.1, 0.15) is 38.7 Å². The van der Waals surface area contributed by atoms with Gasteiger partial charge in [-0.05, 0) is 50.8 Å². The van der Waals surface area contributed by atoms with Gasteiger partial charge in [0.2, 0.25) is 0 Å². The van der Waals surface area contributed by atoms with Crippen LogP contribution in [-0.2, 0) is 5.33 Å². The summed E-state index contributed by atoms with van der Waals surface area (Å²) in [5.41, 5.74) is 1.04. The molecular formula is C15H20BrNO. The molecule has 0 atom stereocenters. The zero-order chi connectivity index (χ0) is 13.4. The fraction of sp³-hybridized carbons (Fsp3) is 0.533. The fourth-order valence-corrected chi connectivity index (χ4v) is 1.96. The first-order valence-electron chi connectivity index (χ1n) is 6.26. The Hall–Kier alpha value is -1.01. The number of benzene rings is 1. The lowest BCUT2D eigenvalue weighted by atomic mass is 9.89. The van der Waals surface area contributed by atoms with Crippen molar-refractivity contribution >= 4 is 15.9 Å². The van der Waals surface area contributed by atoms with Gasteiger partial charge in [0.05, 0.1) is 18.1 Å². The Kier molecular flexibility index (Phi) is 6.21. The van der Waals surface area contributed by atoms with E-state index < -0.39 is 0 Å². The molecular weight excluding hydrogens is 290 g/mol. The van der Waals surface area contributed by atoms with Crippen molar-refractivity contribution in [2.75, 3.05) is 6.61 Å². The lowest BCUT2D eigenvalue weighted by molar-refractivity contribution is 0.295. The van der Waals surface area contributed by atoms with Gasteiger partial charge < -0.3 is 4.74 Å². The minimum absolute atomic E-state index is 0.211. The molecule has 1 rings (SSSR count).